The number of aryl methyl sites for hydroxylation is 1. The van der Waals surface area contributed by atoms with E-state index < -0.39 is 5.91 Å². The summed E-state index contributed by atoms with van der Waals surface area (Å²) in [5.41, 5.74) is 6.20. The van der Waals surface area contributed by atoms with Crippen molar-refractivity contribution in [2.75, 3.05) is 6.61 Å². The fraction of sp³-hybridized carbons (Fsp3) is 0.158. The van der Waals surface area contributed by atoms with Crippen molar-refractivity contribution in [3.8, 4) is 5.75 Å². The molecule has 3 aromatic rings. The Labute approximate surface area is 191 Å². The van der Waals surface area contributed by atoms with Gasteiger partial charge in [-0.15, -0.1) is 0 Å². The zero-order valence-corrected chi connectivity index (χ0v) is 19.9. The second kappa shape index (κ2) is 9.19. The fourth-order valence-corrected chi connectivity index (χ4v) is 4.41. The Bertz CT molecular complexity index is 1170. The number of aromatic nitrogens is 2. The first kappa shape index (κ1) is 21.7. The van der Waals surface area contributed by atoms with E-state index in [1.807, 2.05) is 13.0 Å². The highest BCUT2D eigenvalue weighted by molar-refractivity contribution is 9.11. The lowest BCUT2D eigenvalue weighted by atomic mass is 10.2. The lowest BCUT2D eigenvalue weighted by Crippen LogP contribution is -2.22. The first-order valence-corrected chi connectivity index (χ1v) is 10.8. The molecule has 0 aliphatic carbocycles. The first-order valence-electron chi connectivity index (χ1n) is 8.45. The van der Waals surface area contributed by atoms with Gasteiger partial charge >= 0.3 is 0 Å². The number of nitrogens with two attached hydrogens (primary N) is 1. The molecule has 150 valence electrons. The maximum absolute atomic E-state index is 12.9. The summed E-state index contributed by atoms with van der Waals surface area (Å²) in [4.78, 5) is 28.4. The van der Waals surface area contributed by atoms with Crippen LogP contribution in [0.5, 0.6) is 5.75 Å². The fourth-order valence-electron chi connectivity index (χ4n) is 2.60. The van der Waals surface area contributed by atoms with Gasteiger partial charge in [0.2, 0.25) is 0 Å². The number of nitrogens with zero attached hydrogens (tertiary/aromatic N) is 3. The van der Waals surface area contributed by atoms with Gasteiger partial charge in [-0.05, 0) is 67.8 Å². The van der Waals surface area contributed by atoms with Crippen LogP contribution >= 0.6 is 47.8 Å². The highest BCUT2D eigenvalue weighted by Gasteiger charge is 2.12. The number of amides is 1. The van der Waals surface area contributed by atoms with E-state index in [2.05, 4.69) is 57.9 Å². The Morgan fingerprint density at radius 3 is 2.55 bits per heavy atom. The summed E-state index contributed by atoms with van der Waals surface area (Å²) in [6.45, 7) is 1.68. The van der Waals surface area contributed by atoms with Crippen LogP contribution in [-0.4, -0.2) is 28.4 Å². The molecule has 0 bridgehead atoms. The smallest absolute Gasteiger partial charge is 0.282 e. The molecule has 0 fully saturated rings. The molecule has 3 rings (SSSR count). The number of rotatable bonds is 6. The normalized spacial score (nSPS) is 11.3. The molecule has 2 N–H and O–H groups in total. The van der Waals surface area contributed by atoms with Gasteiger partial charge in [-0.3, -0.25) is 9.59 Å². The van der Waals surface area contributed by atoms with E-state index in [0.29, 0.717) is 43.4 Å². The average molecular weight is 587 g/mol. The minimum Gasteiger partial charge on any atom is -0.481 e. The van der Waals surface area contributed by atoms with Crippen LogP contribution in [0.3, 0.4) is 0 Å². The average Bonchev–Trinajstić information content (AvgIpc) is 2.66. The Kier molecular flexibility index (Phi) is 6.86. The molecule has 2 aromatic carbocycles. The minimum atomic E-state index is -0.573. The van der Waals surface area contributed by atoms with Crippen LogP contribution in [0.2, 0.25) is 0 Å². The molecule has 1 aromatic heterocycles. The van der Waals surface area contributed by atoms with Crippen molar-refractivity contribution in [2.24, 2.45) is 10.8 Å². The van der Waals surface area contributed by atoms with Crippen LogP contribution in [-0.2, 0) is 11.2 Å². The van der Waals surface area contributed by atoms with E-state index in [-0.39, 0.29) is 12.2 Å². The number of carbonyl (C=O) groups excluding carboxylic acids is 1. The second-order valence-corrected chi connectivity index (χ2v) is 8.60. The highest BCUT2D eigenvalue weighted by Crippen LogP contribution is 2.34. The monoisotopic (exact) mass is 584 g/mol. The van der Waals surface area contributed by atoms with Crippen LogP contribution in [0.1, 0.15) is 18.3 Å². The van der Waals surface area contributed by atoms with E-state index in [9.17, 15) is 9.59 Å². The molecule has 0 aliphatic rings. The quantitative estimate of drug-likeness (QED) is 0.442. The Morgan fingerprint density at radius 1 is 1.24 bits per heavy atom. The molecule has 7 nitrogen and oxygen atoms in total. The van der Waals surface area contributed by atoms with Gasteiger partial charge in [-0.1, -0.05) is 22.9 Å². The van der Waals surface area contributed by atoms with Gasteiger partial charge in [0.15, 0.2) is 6.61 Å². The molecule has 1 amide bonds. The molecule has 0 aliphatic heterocycles. The third-order valence-corrected chi connectivity index (χ3v) is 5.56. The maximum atomic E-state index is 12.9. The van der Waals surface area contributed by atoms with Crippen LogP contribution in [0.15, 0.2) is 53.6 Å². The Hall–Kier alpha value is -2.04. The number of fused-ring (bicyclic) bond motifs is 1. The topological polar surface area (TPSA) is 99.6 Å². The molecular formula is C19H15Br3N4O3. The van der Waals surface area contributed by atoms with E-state index in [0.717, 1.165) is 4.47 Å². The molecule has 0 saturated carbocycles. The van der Waals surface area contributed by atoms with Crippen LogP contribution in [0.4, 0.5) is 0 Å². The van der Waals surface area contributed by atoms with Gasteiger partial charge in [-0.2, -0.15) is 9.78 Å². The highest BCUT2D eigenvalue weighted by atomic mass is 79.9. The zero-order valence-electron chi connectivity index (χ0n) is 15.2. The van der Waals surface area contributed by atoms with Crippen molar-refractivity contribution in [2.45, 2.75) is 13.3 Å². The van der Waals surface area contributed by atoms with Crippen molar-refractivity contribution in [1.82, 2.24) is 9.66 Å². The van der Waals surface area contributed by atoms with Crippen LogP contribution in [0, 0.1) is 0 Å². The van der Waals surface area contributed by atoms with Crippen molar-refractivity contribution in [1.29, 1.82) is 0 Å². The number of hydrogen-bond donors (Lipinski definition) is 1. The lowest BCUT2D eigenvalue weighted by molar-refractivity contribution is -0.119. The summed E-state index contributed by atoms with van der Waals surface area (Å²) in [6.07, 6.45) is 2.10. The molecule has 0 atom stereocenters. The van der Waals surface area contributed by atoms with Crippen molar-refractivity contribution < 1.29 is 9.53 Å². The minimum absolute atomic E-state index is 0.238. The maximum Gasteiger partial charge on any atom is 0.282 e. The summed E-state index contributed by atoms with van der Waals surface area (Å²) in [6, 6.07) is 8.89. The van der Waals surface area contributed by atoms with Gasteiger partial charge < -0.3 is 10.5 Å². The number of benzene rings is 2. The predicted octanol–water partition coefficient (Wildman–Crippen LogP) is 3.99. The number of carbonyl (C=O) groups is 1. The van der Waals surface area contributed by atoms with Crippen LogP contribution in [0.25, 0.3) is 10.9 Å². The van der Waals surface area contributed by atoms with E-state index in [1.54, 1.807) is 30.5 Å². The predicted molar refractivity (Wildman–Crippen MR) is 123 cm³/mol. The summed E-state index contributed by atoms with van der Waals surface area (Å²) >= 11 is 10.2. The Morgan fingerprint density at radius 2 is 1.93 bits per heavy atom. The molecule has 0 radical (unpaired) electrons. The van der Waals surface area contributed by atoms with Gasteiger partial charge in [-0.25, -0.2) is 4.98 Å². The number of hydrogen-bond acceptors (Lipinski definition) is 5. The molecule has 0 spiro atoms. The van der Waals surface area contributed by atoms with Gasteiger partial charge in [0.25, 0.3) is 11.5 Å². The second-order valence-electron chi connectivity index (χ2n) is 5.97. The van der Waals surface area contributed by atoms with Crippen molar-refractivity contribution in [3.63, 3.8) is 0 Å². The summed E-state index contributed by atoms with van der Waals surface area (Å²) in [5, 5.41) is 4.84. The van der Waals surface area contributed by atoms with E-state index >= 15 is 0 Å². The summed E-state index contributed by atoms with van der Waals surface area (Å²) in [7, 11) is 0. The zero-order chi connectivity index (χ0) is 21.1. The van der Waals surface area contributed by atoms with Gasteiger partial charge in [0, 0.05) is 10.9 Å². The first-order chi connectivity index (χ1) is 13.8. The third kappa shape index (κ3) is 4.93. The Balaban J connectivity index is 2.01. The molecule has 10 heteroatoms. The largest absolute Gasteiger partial charge is 0.481 e. The molecular weight excluding hydrogens is 572 g/mol. The lowest BCUT2D eigenvalue weighted by Gasteiger charge is -2.10. The molecule has 0 saturated heterocycles. The third-order valence-electron chi connectivity index (χ3n) is 3.89. The van der Waals surface area contributed by atoms with E-state index in [4.69, 9.17) is 10.5 Å². The van der Waals surface area contributed by atoms with Crippen LogP contribution < -0.4 is 16.0 Å². The summed E-state index contributed by atoms with van der Waals surface area (Å²) in [5.74, 6) is 0.432. The number of primary amides is 1. The van der Waals surface area contributed by atoms with Gasteiger partial charge in [0.05, 0.1) is 26.1 Å². The van der Waals surface area contributed by atoms with Crippen molar-refractivity contribution >= 4 is 70.8 Å². The molecule has 1 heterocycles. The number of halogens is 3. The van der Waals surface area contributed by atoms with Gasteiger partial charge in [0.1, 0.15) is 11.6 Å². The summed E-state index contributed by atoms with van der Waals surface area (Å²) < 4.78 is 8.69. The standard InChI is InChI=1S/C19H15Br3N4O3/c1-2-17-25-15-4-3-11(20)7-12(15)19(28)26(17)24-8-10-5-13(21)18(14(22)6-10)29-9-16(23)27/h3-8H,2,9H2,1H3,(H2,23,27). The molecule has 0 unspecified atom stereocenters. The molecule has 29 heavy (non-hydrogen) atoms. The number of ether oxygens (including phenoxy) is 1. The van der Waals surface area contributed by atoms with E-state index in [1.165, 1.54) is 4.68 Å². The SMILES string of the molecule is CCc1nc2ccc(Br)cc2c(=O)n1N=Cc1cc(Br)c(OCC(N)=O)c(Br)c1. The van der Waals surface area contributed by atoms with Crippen molar-refractivity contribution in [3.05, 3.63) is 65.5 Å².